The first-order valence-electron chi connectivity index (χ1n) is 9.88. The van der Waals surface area contributed by atoms with Crippen molar-refractivity contribution in [3.8, 4) is 28.6 Å². The topological polar surface area (TPSA) is 86.9 Å². The van der Waals surface area contributed by atoms with E-state index in [2.05, 4.69) is 10.1 Å². The highest BCUT2D eigenvalue weighted by molar-refractivity contribution is 5.94. The number of hydrogen-bond donors (Lipinski definition) is 0. The summed E-state index contributed by atoms with van der Waals surface area (Å²) in [7, 11) is 1.59. The Morgan fingerprint density at radius 1 is 1.10 bits per heavy atom. The summed E-state index contributed by atoms with van der Waals surface area (Å²) in [4.78, 5) is 19.2. The van der Waals surface area contributed by atoms with Crippen LogP contribution in [-0.4, -0.2) is 47.9 Å². The average molecular weight is 407 g/mol. The number of benzene rings is 2. The highest BCUT2D eigenvalue weighted by Crippen LogP contribution is 2.36. The zero-order valence-corrected chi connectivity index (χ0v) is 16.5. The molecular formula is C22H21N3O5. The van der Waals surface area contributed by atoms with Crippen molar-refractivity contribution in [2.75, 3.05) is 27.0 Å². The number of carbonyl (C=O) groups is 1. The normalized spacial score (nSPS) is 16.0. The maximum absolute atomic E-state index is 12.8. The molecule has 2 aliphatic heterocycles. The summed E-state index contributed by atoms with van der Waals surface area (Å²) >= 11 is 0. The van der Waals surface area contributed by atoms with Crippen LogP contribution in [0.15, 0.2) is 47.0 Å². The van der Waals surface area contributed by atoms with Gasteiger partial charge < -0.3 is 23.6 Å². The molecule has 8 nitrogen and oxygen atoms in total. The summed E-state index contributed by atoms with van der Waals surface area (Å²) in [5.41, 5.74) is 1.45. The van der Waals surface area contributed by atoms with Crippen molar-refractivity contribution in [2.45, 2.75) is 18.8 Å². The Hall–Kier alpha value is -3.55. The number of fused-ring (bicyclic) bond motifs is 1. The Bertz CT molecular complexity index is 1070. The van der Waals surface area contributed by atoms with Crippen molar-refractivity contribution >= 4 is 5.91 Å². The Balaban J connectivity index is 1.24. The van der Waals surface area contributed by atoms with Gasteiger partial charge in [0.05, 0.1) is 7.11 Å². The summed E-state index contributed by atoms with van der Waals surface area (Å²) in [6, 6.07) is 12.8. The third kappa shape index (κ3) is 3.45. The van der Waals surface area contributed by atoms with Gasteiger partial charge >= 0.3 is 0 Å². The molecule has 3 heterocycles. The smallest absolute Gasteiger partial charge is 0.253 e. The second kappa shape index (κ2) is 7.70. The van der Waals surface area contributed by atoms with E-state index in [9.17, 15) is 4.79 Å². The lowest BCUT2D eigenvalue weighted by molar-refractivity contribution is 0.0704. The van der Waals surface area contributed by atoms with Crippen LogP contribution in [0, 0.1) is 0 Å². The van der Waals surface area contributed by atoms with E-state index in [0.29, 0.717) is 41.9 Å². The second-order valence-corrected chi connectivity index (χ2v) is 7.32. The van der Waals surface area contributed by atoms with Crippen LogP contribution in [0.2, 0.25) is 0 Å². The van der Waals surface area contributed by atoms with Crippen molar-refractivity contribution < 1.29 is 23.5 Å². The molecule has 2 aromatic carbocycles. The van der Waals surface area contributed by atoms with E-state index in [4.69, 9.17) is 18.7 Å². The molecule has 0 atom stereocenters. The monoisotopic (exact) mass is 407 g/mol. The van der Waals surface area contributed by atoms with Crippen LogP contribution >= 0.6 is 0 Å². The first-order chi connectivity index (χ1) is 14.7. The zero-order valence-electron chi connectivity index (χ0n) is 16.5. The van der Waals surface area contributed by atoms with Gasteiger partial charge in [0.15, 0.2) is 11.5 Å². The fourth-order valence-electron chi connectivity index (χ4n) is 3.82. The van der Waals surface area contributed by atoms with Gasteiger partial charge in [-0.1, -0.05) is 11.2 Å². The zero-order chi connectivity index (χ0) is 20.5. The van der Waals surface area contributed by atoms with Crippen molar-refractivity contribution in [1.29, 1.82) is 0 Å². The number of ether oxygens (including phenoxy) is 3. The molecule has 0 spiro atoms. The summed E-state index contributed by atoms with van der Waals surface area (Å²) in [5.74, 6) is 3.36. The molecule has 30 heavy (non-hydrogen) atoms. The lowest BCUT2D eigenvalue weighted by Crippen LogP contribution is -2.38. The predicted octanol–water partition coefficient (Wildman–Crippen LogP) is 3.49. The number of nitrogens with zero attached hydrogens (tertiary/aromatic N) is 3. The van der Waals surface area contributed by atoms with Crippen LogP contribution in [-0.2, 0) is 0 Å². The number of likely N-dealkylation sites (tertiary alicyclic amines) is 1. The number of piperidine rings is 1. The molecule has 2 aliphatic rings. The molecule has 0 aliphatic carbocycles. The highest BCUT2D eigenvalue weighted by Gasteiger charge is 2.28. The third-order valence-corrected chi connectivity index (χ3v) is 5.52. The molecule has 0 N–H and O–H groups in total. The molecule has 0 bridgehead atoms. The molecular weight excluding hydrogens is 386 g/mol. The highest BCUT2D eigenvalue weighted by atomic mass is 16.7. The minimum absolute atomic E-state index is 0.0129. The van der Waals surface area contributed by atoms with Gasteiger partial charge in [-0.25, -0.2) is 0 Å². The van der Waals surface area contributed by atoms with Crippen LogP contribution in [0.5, 0.6) is 17.2 Å². The van der Waals surface area contributed by atoms with Crippen molar-refractivity contribution in [3.63, 3.8) is 0 Å². The molecule has 8 heteroatoms. The van der Waals surface area contributed by atoms with Gasteiger partial charge in [0.1, 0.15) is 5.75 Å². The summed E-state index contributed by atoms with van der Waals surface area (Å²) < 4.78 is 21.5. The lowest BCUT2D eigenvalue weighted by Gasteiger charge is -2.30. The fraction of sp³-hybridized carbons (Fsp3) is 0.318. The van der Waals surface area contributed by atoms with E-state index in [1.54, 1.807) is 13.2 Å². The van der Waals surface area contributed by atoms with E-state index >= 15 is 0 Å². The van der Waals surface area contributed by atoms with Gasteiger partial charge in [-0.2, -0.15) is 4.98 Å². The van der Waals surface area contributed by atoms with Crippen LogP contribution in [0.3, 0.4) is 0 Å². The Morgan fingerprint density at radius 3 is 2.77 bits per heavy atom. The Kier molecular flexibility index (Phi) is 4.74. The third-order valence-electron chi connectivity index (χ3n) is 5.52. The van der Waals surface area contributed by atoms with Crippen molar-refractivity contribution in [1.82, 2.24) is 15.0 Å². The van der Waals surface area contributed by atoms with Gasteiger partial charge in [-0.05, 0) is 49.2 Å². The molecule has 0 unspecified atom stereocenters. The summed E-state index contributed by atoms with van der Waals surface area (Å²) in [5, 5.41) is 4.13. The number of carbonyl (C=O) groups excluding carboxylic acids is 1. The van der Waals surface area contributed by atoms with Gasteiger partial charge in [-0.3, -0.25) is 4.79 Å². The van der Waals surface area contributed by atoms with E-state index in [-0.39, 0.29) is 18.6 Å². The van der Waals surface area contributed by atoms with Gasteiger partial charge in [0.25, 0.3) is 5.91 Å². The molecule has 1 fully saturated rings. The van der Waals surface area contributed by atoms with Crippen molar-refractivity contribution in [2.24, 2.45) is 0 Å². The minimum atomic E-state index is 0.0129. The number of hydrogen-bond acceptors (Lipinski definition) is 7. The minimum Gasteiger partial charge on any atom is -0.497 e. The lowest BCUT2D eigenvalue weighted by atomic mass is 9.96. The fourth-order valence-corrected chi connectivity index (χ4v) is 3.82. The largest absolute Gasteiger partial charge is 0.497 e. The molecule has 1 aromatic heterocycles. The number of aromatic nitrogens is 2. The first kappa shape index (κ1) is 18.5. The van der Waals surface area contributed by atoms with Crippen LogP contribution in [0.25, 0.3) is 11.4 Å². The first-order valence-corrected chi connectivity index (χ1v) is 9.88. The van der Waals surface area contributed by atoms with E-state index in [1.165, 1.54) is 0 Å². The summed E-state index contributed by atoms with van der Waals surface area (Å²) in [6.45, 7) is 1.51. The number of rotatable bonds is 4. The molecule has 154 valence electrons. The van der Waals surface area contributed by atoms with Gasteiger partial charge in [0, 0.05) is 30.1 Å². The SMILES string of the molecule is COc1cccc(C(=O)N2CCC(c3nc(-c4ccc5c(c4)OCO5)no3)CC2)c1. The number of methoxy groups -OCH3 is 1. The van der Waals surface area contributed by atoms with E-state index in [0.717, 1.165) is 24.2 Å². The van der Waals surface area contributed by atoms with E-state index < -0.39 is 0 Å². The molecule has 0 radical (unpaired) electrons. The summed E-state index contributed by atoms with van der Waals surface area (Å²) in [6.07, 6.45) is 1.55. The average Bonchev–Trinajstić information content (AvgIpc) is 3.48. The predicted molar refractivity (Wildman–Crippen MR) is 107 cm³/mol. The van der Waals surface area contributed by atoms with Crippen LogP contribution in [0.1, 0.15) is 35.0 Å². The molecule has 0 saturated carbocycles. The maximum Gasteiger partial charge on any atom is 0.253 e. The van der Waals surface area contributed by atoms with Crippen molar-refractivity contribution in [3.05, 3.63) is 53.9 Å². The van der Waals surface area contributed by atoms with Gasteiger partial charge in [0.2, 0.25) is 18.5 Å². The molecule has 1 saturated heterocycles. The molecule has 1 amide bonds. The Morgan fingerprint density at radius 2 is 1.93 bits per heavy atom. The standard InChI is InChI=1S/C22H21N3O5/c1-27-17-4-2-3-16(11-17)22(26)25-9-7-14(8-10-25)21-23-20(24-30-21)15-5-6-18-19(12-15)29-13-28-18/h2-6,11-12,14H,7-10,13H2,1H3. The maximum atomic E-state index is 12.8. The van der Waals surface area contributed by atoms with E-state index in [1.807, 2.05) is 41.3 Å². The quantitative estimate of drug-likeness (QED) is 0.654. The molecule has 3 aromatic rings. The van der Waals surface area contributed by atoms with Crippen LogP contribution < -0.4 is 14.2 Å². The van der Waals surface area contributed by atoms with Crippen LogP contribution in [0.4, 0.5) is 0 Å². The molecule has 5 rings (SSSR count). The van der Waals surface area contributed by atoms with Gasteiger partial charge in [-0.15, -0.1) is 0 Å². The number of amides is 1. The second-order valence-electron chi connectivity index (χ2n) is 7.32. The Labute approximate surface area is 173 Å².